The minimum Gasteiger partial charge on any atom is -0.475 e. The Balaban J connectivity index is 0.00000136. The van der Waals surface area contributed by atoms with Crippen molar-refractivity contribution in [2.24, 2.45) is 0 Å². The number of aliphatic hydroxyl groups excluding tert-OH is 1. The van der Waals surface area contributed by atoms with Gasteiger partial charge in [0.25, 0.3) is 0 Å². The molecular formula is C33H62O4. The van der Waals surface area contributed by atoms with E-state index in [9.17, 15) is 4.79 Å². The van der Waals surface area contributed by atoms with E-state index < -0.39 is 5.97 Å². The number of furan rings is 1. The molecule has 37 heavy (non-hydrogen) atoms. The van der Waals surface area contributed by atoms with Gasteiger partial charge in [-0.1, -0.05) is 167 Å². The summed E-state index contributed by atoms with van der Waals surface area (Å²) in [5.41, 5.74) is 0. The van der Waals surface area contributed by atoms with Crippen molar-refractivity contribution in [3.05, 3.63) is 24.2 Å². The van der Waals surface area contributed by atoms with Gasteiger partial charge in [-0.15, -0.1) is 0 Å². The van der Waals surface area contributed by atoms with Crippen LogP contribution in [0.25, 0.3) is 0 Å². The fraction of sp³-hybridized carbons (Fsp3) is 0.848. The normalized spacial score (nSPS) is 10.9. The van der Waals surface area contributed by atoms with Crippen molar-refractivity contribution < 1.29 is 19.4 Å². The maximum Gasteiger partial charge on any atom is 0.371 e. The predicted octanol–water partition coefficient (Wildman–Crippen LogP) is 11.1. The van der Waals surface area contributed by atoms with Gasteiger partial charge in [0, 0.05) is 6.61 Å². The Labute approximate surface area is 230 Å². The van der Waals surface area contributed by atoms with E-state index in [1.165, 1.54) is 179 Å². The Morgan fingerprint density at radius 1 is 0.568 bits per heavy atom. The maximum absolute atomic E-state index is 9.97. The minimum atomic E-state index is -1.03. The van der Waals surface area contributed by atoms with Crippen molar-refractivity contribution in [2.75, 3.05) is 6.61 Å². The first-order chi connectivity index (χ1) is 18.2. The van der Waals surface area contributed by atoms with Crippen LogP contribution in [0.2, 0.25) is 0 Å². The van der Waals surface area contributed by atoms with Crippen LogP contribution in [0.5, 0.6) is 0 Å². The quantitative estimate of drug-likeness (QED) is 0.113. The van der Waals surface area contributed by atoms with Crippen LogP contribution in [-0.4, -0.2) is 22.8 Å². The average Bonchev–Trinajstić information content (AvgIpc) is 3.45. The highest BCUT2D eigenvalue weighted by atomic mass is 16.4. The Hall–Kier alpha value is -1.29. The van der Waals surface area contributed by atoms with Gasteiger partial charge in [-0.25, -0.2) is 4.79 Å². The largest absolute Gasteiger partial charge is 0.475 e. The Morgan fingerprint density at radius 2 is 0.865 bits per heavy atom. The molecule has 218 valence electrons. The number of aliphatic hydroxyl groups is 1. The third-order valence-electron chi connectivity index (χ3n) is 7.24. The van der Waals surface area contributed by atoms with Crippen LogP contribution >= 0.6 is 0 Å². The summed E-state index contributed by atoms with van der Waals surface area (Å²) in [7, 11) is 0. The second-order valence-electron chi connectivity index (χ2n) is 10.8. The zero-order chi connectivity index (χ0) is 27.1. The first kappa shape index (κ1) is 35.7. The molecule has 1 rings (SSSR count). The summed E-state index contributed by atoms with van der Waals surface area (Å²) in [6, 6.07) is 2.92. The number of carbonyl (C=O) groups is 1. The molecule has 4 heteroatoms. The van der Waals surface area contributed by atoms with E-state index >= 15 is 0 Å². The van der Waals surface area contributed by atoms with Gasteiger partial charge in [-0.05, 0) is 18.6 Å². The van der Waals surface area contributed by atoms with Crippen LogP contribution in [0.3, 0.4) is 0 Å². The zero-order valence-corrected chi connectivity index (χ0v) is 24.5. The molecule has 0 atom stereocenters. The Bertz CT molecular complexity index is 515. The van der Waals surface area contributed by atoms with E-state index in [-0.39, 0.29) is 5.76 Å². The highest BCUT2D eigenvalue weighted by Gasteiger charge is 2.02. The number of carboxylic acid groups (broad SMARTS) is 1. The van der Waals surface area contributed by atoms with Gasteiger partial charge in [-0.2, -0.15) is 0 Å². The number of hydrogen-bond acceptors (Lipinski definition) is 3. The molecule has 1 aromatic heterocycles. The topological polar surface area (TPSA) is 70.7 Å². The molecule has 0 aliphatic carbocycles. The van der Waals surface area contributed by atoms with E-state index in [0.29, 0.717) is 6.61 Å². The summed E-state index contributed by atoms with van der Waals surface area (Å²) in [5.74, 6) is -1.06. The molecule has 0 spiro atoms. The molecule has 0 bridgehead atoms. The summed E-state index contributed by atoms with van der Waals surface area (Å²) < 4.78 is 4.50. The van der Waals surface area contributed by atoms with Crippen molar-refractivity contribution in [1.82, 2.24) is 0 Å². The van der Waals surface area contributed by atoms with Crippen molar-refractivity contribution in [2.45, 2.75) is 174 Å². The monoisotopic (exact) mass is 522 g/mol. The lowest BCUT2D eigenvalue weighted by Gasteiger charge is -2.04. The molecular weight excluding hydrogens is 460 g/mol. The van der Waals surface area contributed by atoms with Crippen LogP contribution < -0.4 is 0 Å². The Morgan fingerprint density at radius 3 is 1.05 bits per heavy atom. The highest BCUT2D eigenvalue weighted by Crippen LogP contribution is 2.15. The van der Waals surface area contributed by atoms with Gasteiger partial charge in [0.05, 0.1) is 6.26 Å². The van der Waals surface area contributed by atoms with Crippen molar-refractivity contribution in [3.63, 3.8) is 0 Å². The smallest absolute Gasteiger partial charge is 0.371 e. The van der Waals surface area contributed by atoms with Gasteiger partial charge < -0.3 is 14.6 Å². The molecule has 0 radical (unpaired) electrons. The van der Waals surface area contributed by atoms with Gasteiger partial charge in [0.2, 0.25) is 5.76 Å². The molecule has 1 aromatic rings. The second-order valence-corrected chi connectivity index (χ2v) is 10.8. The molecule has 0 amide bonds. The molecule has 0 aromatic carbocycles. The maximum atomic E-state index is 9.97. The molecule has 0 saturated heterocycles. The van der Waals surface area contributed by atoms with Crippen LogP contribution in [0.4, 0.5) is 0 Å². The summed E-state index contributed by atoms with van der Waals surface area (Å²) in [6.45, 7) is 2.67. The van der Waals surface area contributed by atoms with Crippen LogP contribution in [0, 0.1) is 0 Å². The first-order valence-electron chi connectivity index (χ1n) is 16.1. The lowest BCUT2D eigenvalue weighted by Crippen LogP contribution is -1.90. The molecule has 0 aliphatic rings. The van der Waals surface area contributed by atoms with Gasteiger partial charge in [0.15, 0.2) is 0 Å². The number of hydrogen-bond donors (Lipinski definition) is 2. The lowest BCUT2D eigenvalue weighted by atomic mass is 10.0. The fourth-order valence-electron chi connectivity index (χ4n) is 4.83. The summed E-state index contributed by atoms with van der Waals surface area (Å²) >= 11 is 0. The van der Waals surface area contributed by atoms with Gasteiger partial charge >= 0.3 is 5.97 Å². The van der Waals surface area contributed by atoms with Gasteiger partial charge in [0.1, 0.15) is 0 Å². The van der Waals surface area contributed by atoms with Crippen LogP contribution in [0.15, 0.2) is 22.8 Å². The minimum absolute atomic E-state index is 0.0231. The number of unbranched alkanes of at least 4 members (excludes halogenated alkanes) is 25. The molecule has 2 N–H and O–H groups in total. The third kappa shape index (κ3) is 29.1. The van der Waals surface area contributed by atoms with Crippen LogP contribution in [0.1, 0.15) is 184 Å². The first-order valence-corrected chi connectivity index (χ1v) is 16.1. The molecule has 0 aliphatic heterocycles. The lowest BCUT2D eigenvalue weighted by molar-refractivity contribution is 0.0662. The van der Waals surface area contributed by atoms with E-state index in [1.54, 1.807) is 0 Å². The van der Waals surface area contributed by atoms with Crippen LogP contribution in [-0.2, 0) is 0 Å². The summed E-state index contributed by atoms with van der Waals surface area (Å²) in [5, 5.41) is 16.9. The number of carboxylic acids is 1. The zero-order valence-electron chi connectivity index (χ0n) is 24.5. The van der Waals surface area contributed by atoms with E-state index in [0.717, 1.165) is 6.42 Å². The van der Waals surface area contributed by atoms with E-state index in [2.05, 4.69) is 11.3 Å². The van der Waals surface area contributed by atoms with Crippen molar-refractivity contribution in [3.8, 4) is 0 Å². The fourth-order valence-corrected chi connectivity index (χ4v) is 4.83. The number of aromatic carboxylic acids is 1. The Kier molecular flexibility index (Phi) is 29.9. The summed E-state index contributed by atoms with van der Waals surface area (Å²) in [4.78, 5) is 9.97. The van der Waals surface area contributed by atoms with Crippen molar-refractivity contribution in [1.29, 1.82) is 0 Å². The highest BCUT2D eigenvalue weighted by molar-refractivity contribution is 5.84. The van der Waals surface area contributed by atoms with E-state index in [1.807, 2.05) is 0 Å². The molecule has 0 unspecified atom stereocenters. The molecule has 4 nitrogen and oxygen atoms in total. The molecule has 0 fully saturated rings. The third-order valence-corrected chi connectivity index (χ3v) is 7.24. The van der Waals surface area contributed by atoms with E-state index in [4.69, 9.17) is 10.2 Å². The SMILES string of the molecule is CCCCCCCCCCCCCCCCCCCCCCCCCCCCO.O=C(O)c1ccco1. The predicted molar refractivity (Wildman–Crippen MR) is 158 cm³/mol. The summed E-state index contributed by atoms with van der Waals surface area (Å²) in [6.07, 6.45) is 38.4. The molecule has 1 heterocycles. The van der Waals surface area contributed by atoms with Crippen molar-refractivity contribution >= 4 is 5.97 Å². The molecule has 0 saturated carbocycles. The average molecular weight is 523 g/mol. The van der Waals surface area contributed by atoms with Gasteiger partial charge in [-0.3, -0.25) is 0 Å². The second kappa shape index (κ2) is 30.9. The number of rotatable bonds is 27. The standard InChI is InChI=1S/C28H58O.C5H4O3/c1-2-3-4-5-6-7-8-9-10-11-12-13-14-15-16-17-18-19-20-21-22-23-24-25-26-27-28-29;6-5(7)4-2-1-3-8-4/h29H,2-28H2,1H3;1-3H,(H,6,7).